The molecule has 1 heterocycles. The molecule has 0 atom stereocenters. The number of carboxylic acids is 1. The summed E-state index contributed by atoms with van der Waals surface area (Å²) in [5, 5.41) is 9.42. The number of methoxy groups -OCH3 is 1. The van der Waals surface area contributed by atoms with E-state index in [1.807, 2.05) is 0 Å². The Morgan fingerprint density at radius 2 is 1.80 bits per heavy atom. The average Bonchev–Trinajstić information content (AvgIpc) is 2.90. The third-order valence-electron chi connectivity index (χ3n) is 3.75. The second kappa shape index (κ2) is 7.65. The van der Waals surface area contributed by atoms with Crippen LogP contribution in [-0.4, -0.2) is 41.5 Å². The number of ketones is 1. The monoisotopic (exact) mass is 345 g/mol. The number of rotatable bonds is 7. The van der Waals surface area contributed by atoms with Gasteiger partial charge in [0.1, 0.15) is 5.75 Å². The van der Waals surface area contributed by atoms with Crippen molar-refractivity contribution in [2.45, 2.75) is 20.3 Å². The molecule has 7 nitrogen and oxygen atoms in total. The Balaban J connectivity index is 2.41. The highest BCUT2D eigenvalue weighted by molar-refractivity contribution is 6.10. The third kappa shape index (κ3) is 3.88. The molecule has 132 valence electrons. The molecule has 0 amide bonds. The van der Waals surface area contributed by atoms with Crippen molar-refractivity contribution in [3.63, 3.8) is 0 Å². The van der Waals surface area contributed by atoms with Crippen LogP contribution in [0.5, 0.6) is 5.75 Å². The first kappa shape index (κ1) is 18.3. The SMILES string of the molecule is CCOC(=O)Cc1[nH]c(C(=O)c2ccc(OC)cc2)c(C)c1C(=O)O. The largest absolute Gasteiger partial charge is 0.497 e. The molecule has 0 aliphatic rings. The summed E-state index contributed by atoms with van der Waals surface area (Å²) in [4.78, 5) is 38.7. The van der Waals surface area contributed by atoms with Crippen LogP contribution < -0.4 is 4.74 Å². The first-order chi connectivity index (χ1) is 11.9. The molecule has 0 spiro atoms. The van der Waals surface area contributed by atoms with Crippen molar-refractivity contribution in [3.8, 4) is 5.75 Å². The minimum atomic E-state index is -1.21. The molecule has 7 heteroatoms. The van der Waals surface area contributed by atoms with E-state index in [1.54, 1.807) is 31.2 Å². The maximum atomic E-state index is 12.7. The van der Waals surface area contributed by atoms with Crippen LogP contribution in [0, 0.1) is 6.92 Å². The van der Waals surface area contributed by atoms with E-state index in [0.717, 1.165) is 0 Å². The van der Waals surface area contributed by atoms with Gasteiger partial charge in [-0.1, -0.05) is 0 Å². The predicted octanol–water partition coefficient (Wildman–Crippen LogP) is 2.37. The molecule has 0 bridgehead atoms. The van der Waals surface area contributed by atoms with Crippen molar-refractivity contribution < 1.29 is 29.0 Å². The highest BCUT2D eigenvalue weighted by Crippen LogP contribution is 2.23. The fourth-order valence-electron chi connectivity index (χ4n) is 2.55. The molecule has 0 saturated heterocycles. The Morgan fingerprint density at radius 3 is 2.32 bits per heavy atom. The third-order valence-corrected chi connectivity index (χ3v) is 3.75. The zero-order chi connectivity index (χ0) is 18.6. The summed E-state index contributed by atoms with van der Waals surface area (Å²) >= 11 is 0. The summed E-state index contributed by atoms with van der Waals surface area (Å²) in [7, 11) is 1.52. The van der Waals surface area contributed by atoms with Crippen molar-refractivity contribution in [2.75, 3.05) is 13.7 Å². The molecule has 2 rings (SSSR count). The number of benzene rings is 1. The van der Waals surface area contributed by atoms with E-state index in [1.165, 1.54) is 14.0 Å². The van der Waals surface area contributed by atoms with E-state index in [2.05, 4.69) is 4.98 Å². The molecule has 0 aliphatic carbocycles. The molecular weight excluding hydrogens is 326 g/mol. The number of hydrogen-bond acceptors (Lipinski definition) is 5. The van der Waals surface area contributed by atoms with E-state index in [4.69, 9.17) is 9.47 Å². The van der Waals surface area contributed by atoms with Crippen LogP contribution in [0.25, 0.3) is 0 Å². The lowest BCUT2D eigenvalue weighted by molar-refractivity contribution is -0.142. The van der Waals surface area contributed by atoms with Crippen molar-refractivity contribution in [1.82, 2.24) is 4.98 Å². The molecule has 0 fully saturated rings. The molecule has 1 aromatic heterocycles. The number of carbonyl (C=O) groups is 3. The van der Waals surface area contributed by atoms with Gasteiger partial charge in [0.2, 0.25) is 5.78 Å². The Hall–Kier alpha value is -3.09. The summed E-state index contributed by atoms with van der Waals surface area (Å²) < 4.78 is 9.90. The number of nitrogens with one attached hydrogen (secondary N) is 1. The van der Waals surface area contributed by atoms with Gasteiger partial charge in [0.05, 0.1) is 31.4 Å². The maximum absolute atomic E-state index is 12.7. The number of hydrogen-bond donors (Lipinski definition) is 2. The highest BCUT2D eigenvalue weighted by Gasteiger charge is 2.25. The zero-order valence-corrected chi connectivity index (χ0v) is 14.2. The normalized spacial score (nSPS) is 10.4. The van der Waals surface area contributed by atoms with E-state index in [0.29, 0.717) is 11.3 Å². The summed E-state index contributed by atoms with van der Waals surface area (Å²) in [6.07, 6.45) is -0.244. The van der Waals surface area contributed by atoms with Gasteiger partial charge in [-0.25, -0.2) is 4.79 Å². The van der Waals surface area contributed by atoms with E-state index in [-0.39, 0.29) is 41.3 Å². The van der Waals surface area contributed by atoms with Gasteiger partial charge in [0.15, 0.2) is 0 Å². The average molecular weight is 345 g/mol. The summed E-state index contributed by atoms with van der Waals surface area (Å²) in [5.41, 5.74) is 0.879. The van der Waals surface area contributed by atoms with E-state index >= 15 is 0 Å². The van der Waals surface area contributed by atoms with Gasteiger partial charge in [-0.2, -0.15) is 0 Å². The van der Waals surface area contributed by atoms with Crippen molar-refractivity contribution in [1.29, 1.82) is 0 Å². The van der Waals surface area contributed by atoms with E-state index < -0.39 is 11.9 Å². The molecule has 0 radical (unpaired) electrons. The van der Waals surface area contributed by atoms with Crippen molar-refractivity contribution in [2.24, 2.45) is 0 Å². The summed E-state index contributed by atoms with van der Waals surface area (Å²) in [5.74, 6) is -1.52. The fourth-order valence-corrected chi connectivity index (χ4v) is 2.55. The molecular formula is C18H19NO6. The standard InChI is InChI=1S/C18H19NO6/c1-4-25-14(20)9-13-15(18(22)23)10(2)16(19-13)17(21)11-5-7-12(24-3)8-6-11/h5-8,19H,4,9H2,1-3H3,(H,22,23). The molecule has 0 saturated carbocycles. The molecule has 25 heavy (non-hydrogen) atoms. The van der Waals surface area contributed by atoms with Crippen LogP contribution >= 0.6 is 0 Å². The Bertz CT molecular complexity index is 804. The number of H-pyrrole nitrogens is 1. The molecule has 0 aliphatic heterocycles. The number of aromatic nitrogens is 1. The van der Waals surface area contributed by atoms with Crippen molar-refractivity contribution in [3.05, 3.63) is 52.3 Å². The van der Waals surface area contributed by atoms with Gasteiger partial charge in [-0.05, 0) is 43.7 Å². The zero-order valence-electron chi connectivity index (χ0n) is 14.2. The predicted molar refractivity (Wildman–Crippen MR) is 89.3 cm³/mol. The van der Waals surface area contributed by atoms with Gasteiger partial charge in [0, 0.05) is 11.3 Å². The van der Waals surface area contributed by atoms with Crippen LogP contribution in [0.4, 0.5) is 0 Å². The number of ether oxygens (including phenoxy) is 2. The van der Waals surface area contributed by atoms with Gasteiger partial charge in [-0.3, -0.25) is 9.59 Å². The molecule has 1 aromatic carbocycles. The number of carbonyl (C=O) groups excluding carboxylic acids is 2. The lowest BCUT2D eigenvalue weighted by Gasteiger charge is -2.03. The Kier molecular flexibility index (Phi) is 5.59. The van der Waals surface area contributed by atoms with Crippen LogP contribution in [0.2, 0.25) is 0 Å². The van der Waals surface area contributed by atoms with Crippen molar-refractivity contribution >= 4 is 17.7 Å². The topological polar surface area (TPSA) is 106 Å². The van der Waals surface area contributed by atoms with Crippen LogP contribution in [-0.2, 0) is 16.0 Å². The summed E-state index contributed by atoms with van der Waals surface area (Å²) in [6.45, 7) is 3.39. The number of aromatic carboxylic acids is 1. The Morgan fingerprint density at radius 1 is 1.16 bits per heavy atom. The number of esters is 1. The summed E-state index contributed by atoms with van der Waals surface area (Å²) in [6, 6.07) is 6.46. The number of carboxylic acid groups (broad SMARTS) is 1. The maximum Gasteiger partial charge on any atom is 0.337 e. The minimum Gasteiger partial charge on any atom is -0.497 e. The van der Waals surface area contributed by atoms with Crippen LogP contribution in [0.3, 0.4) is 0 Å². The molecule has 0 unspecified atom stereocenters. The van der Waals surface area contributed by atoms with Crippen LogP contribution in [0.1, 0.15) is 44.6 Å². The molecule has 2 aromatic rings. The lowest BCUT2D eigenvalue weighted by Crippen LogP contribution is -2.11. The fraction of sp³-hybridized carbons (Fsp3) is 0.278. The lowest BCUT2D eigenvalue weighted by atomic mass is 10.0. The number of aromatic amines is 1. The highest BCUT2D eigenvalue weighted by atomic mass is 16.5. The first-order valence-corrected chi connectivity index (χ1v) is 7.68. The first-order valence-electron chi connectivity index (χ1n) is 7.68. The molecule has 2 N–H and O–H groups in total. The van der Waals surface area contributed by atoms with E-state index in [9.17, 15) is 19.5 Å². The minimum absolute atomic E-state index is 0.0788. The second-order valence-corrected chi connectivity index (χ2v) is 5.32. The van der Waals surface area contributed by atoms with Gasteiger partial charge in [0.25, 0.3) is 0 Å². The quantitative estimate of drug-likeness (QED) is 0.589. The van der Waals surface area contributed by atoms with Crippen LogP contribution in [0.15, 0.2) is 24.3 Å². The Labute approximate surface area is 144 Å². The van der Waals surface area contributed by atoms with Gasteiger partial charge in [-0.15, -0.1) is 0 Å². The van der Waals surface area contributed by atoms with Gasteiger partial charge >= 0.3 is 11.9 Å². The smallest absolute Gasteiger partial charge is 0.337 e. The van der Waals surface area contributed by atoms with Gasteiger partial charge < -0.3 is 19.6 Å². The second-order valence-electron chi connectivity index (χ2n) is 5.32.